The average molecular weight is 247 g/mol. The van der Waals surface area contributed by atoms with Crippen LogP contribution in [0.5, 0.6) is 0 Å². The van der Waals surface area contributed by atoms with E-state index in [0.717, 1.165) is 11.0 Å². The van der Waals surface area contributed by atoms with E-state index in [1.807, 2.05) is 0 Å². The molecule has 0 aliphatic carbocycles. The zero-order valence-corrected chi connectivity index (χ0v) is 7.07. The zero-order valence-electron chi connectivity index (χ0n) is 4.91. The lowest BCUT2D eigenvalue weighted by molar-refractivity contribution is -0.127. The highest BCUT2D eigenvalue weighted by molar-refractivity contribution is 14.1. The van der Waals surface area contributed by atoms with Gasteiger partial charge in [0, 0.05) is 11.0 Å². The summed E-state index contributed by atoms with van der Waals surface area (Å²) in [5.41, 5.74) is 0. The fourth-order valence-electron chi connectivity index (χ4n) is 0.886. The lowest BCUT2D eigenvalue weighted by atomic mass is 10.1. The van der Waals surface area contributed by atoms with Gasteiger partial charge in [-0.25, -0.2) is 8.78 Å². The molecule has 1 aliphatic rings. The van der Waals surface area contributed by atoms with Gasteiger partial charge in [-0.2, -0.15) is 0 Å². The molecule has 0 aromatic carbocycles. The molecule has 1 aliphatic heterocycles. The van der Waals surface area contributed by atoms with E-state index in [1.54, 1.807) is 4.90 Å². The van der Waals surface area contributed by atoms with Gasteiger partial charge in [-0.1, -0.05) is 22.6 Å². The Kier molecular flexibility index (Phi) is 2.26. The minimum Gasteiger partial charge on any atom is -0.291 e. The van der Waals surface area contributed by atoms with Crippen LogP contribution < -0.4 is 0 Å². The summed E-state index contributed by atoms with van der Waals surface area (Å²) in [6, 6.07) is 0. The van der Waals surface area contributed by atoms with Crippen molar-refractivity contribution in [1.82, 2.24) is 4.90 Å². The number of halogens is 3. The van der Waals surface area contributed by atoms with Crippen LogP contribution in [0.3, 0.4) is 0 Å². The largest absolute Gasteiger partial charge is 0.291 e. The molecular weight excluding hydrogens is 239 g/mol. The molecule has 0 unspecified atom stereocenters. The van der Waals surface area contributed by atoms with Crippen molar-refractivity contribution < 1.29 is 8.78 Å². The SMILES string of the molecule is FC1(F)CN(CCI)C1. The number of hydrogen-bond donors (Lipinski definition) is 0. The fourth-order valence-corrected chi connectivity index (χ4v) is 1.57. The molecule has 0 spiro atoms. The summed E-state index contributed by atoms with van der Waals surface area (Å²) in [6.45, 7) is 0.738. The van der Waals surface area contributed by atoms with Gasteiger partial charge in [0.2, 0.25) is 0 Å². The van der Waals surface area contributed by atoms with Crippen LogP contribution in [0.25, 0.3) is 0 Å². The number of likely N-dealkylation sites (tertiary alicyclic amines) is 1. The first-order chi connectivity index (χ1) is 4.14. The van der Waals surface area contributed by atoms with Gasteiger partial charge in [0.25, 0.3) is 5.92 Å². The van der Waals surface area contributed by atoms with Gasteiger partial charge in [-0.15, -0.1) is 0 Å². The van der Waals surface area contributed by atoms with Crippen LogP contribution in [0, 0.1) is 0 Å². The van der Waals surface area contributed by atoms with E-state index in [9.17, 15) is 8.78 Å². The smallest absolute Gasteiger partial charge is 0.272 e. The molecule has 1 fully saturated rings. The van der Waals surface area contributed by atoms with Crippen LogP contribution in [-0.2, 0) is 0 Å². The Bertz CT molecular complexity index is 99.1. The van der Waals surface area contributed by atoms with E-state index in [1.165, 1.54) is 0 Å². The third-order valence-electron chi connectivity index (χ3n) is 1.31. The second kappa shape index (κ2) is 2.65. The molecular formula is C5H8F2IN. The Morgan fingerprint density at radius 2 is 2.00 bits per heavy atom. The number of rotatable bonds is 2. The highest BCUT2D eigenvalue weighted by Gasteiger charge is 2.42. The summed E-state index contributed by atoms with van der Waals surface area (Å²) in [7, 11) is 0. The van der Waals surface area contributed by atoms with Crippen LogP contribution >= 0.6 is 22.6 Å². The van der Waals surface area contributed by atoms with E-state index in [0.29, 0.717) is 0 Å². The Balaban J connectivity index is 2.12. The maximum atomic E-state index is 12.1. The van der Waals surface area contributed by atoms with Crippen LogP contribution in [0.4, 0.5) is 8.78 Å². The van der Waals surface area contributed by atoms with Crippen LogP contribution in [-0.4, -0.2) is 34.9 Å². The predicted octanol–water partition coefficient (Wildman–Crippen LogP) is 1.37. The predicted molar refractivity (Wildman–Crippen MR) is 40.3 cm³/mol. The molecule has 1 saturated heterocycles. The van der Waals surface area contributed by atoms with E-state index < -0.39 is 5.92 Å². The Hall–Kier alpha value is 0.550. The van der Waals surface area contributed by atoms with Crippen LogP contribution in [0.1, 0.15) is 0 Å². The standard InChI is InChI=1S/C5H8F2IN/c6-5(7)3-9(4-5)2-1-8/h1-4H2. The van der Waals surface area contributed by atoms with Crippen molar-refractivity contribution in [2.45, 2.75) is 5.92 Å². The van der Waals surface area contributed by atoms with Gasteiger partial charge in [0.05, 0.1) is 13.1 Å². The van der Waals surface area contributed by atoms with E-state index in [-0.39, 0.29) is 13.1 Å². The lowest BCUT2D eigenvalue weighted by Gasteiger charge is -2.38. The Morgan fingerprint density at radius 3 is 2.33 bits per heavy atom. The van der Waals surface area contributed by atoms with Crippen molar-refractivity contribution >= 4 is 22.6 Å². The van der Waals surface area contributed by atoms with Crippen molar-refractivity contribution in [3.05, 3.63) is 0 Å². The first kappa shape index (κ1) is 7.65. The second-order valence-electron chi connectivity index (χ2n) is 2.26. The molecule has 0 saturated carbocycles. The molecule has 0 amide bonds. The Morgan fingerprint density at radius 1 is 1.44 bits per heavy atom. The van der Waals surface area contributed by atoms with E-state index in [4.69, 9.17) is 0 Å². The Labute approximate surface area is 66.5 Å². The molecule has 1 nitrogen and oxygen atoms in total. The highest BCUT2D eigenvalue weighted by Crippen LogP contribution is 2.25. The lowest BCUT2D eigenvalue weighted by Crippen LogP contribution is -2.56. The van der Waals surface area contributed by atoms with Crippen molar-refractivity contribution in [3.63, 3.8) is 0 Å². The minimum atomic E-state index is -2.38. The molecule has 54 valence electrons. The highest BCUT2D eigenvalue weighted by atomic mass is 127. The first-order valence-corrected chi connectivity index (χ1v) is 4.33. The molecule has 0 N–H and O–H groups in total. The topological polar surface area (TPSA) is 3.24 Å². The monoisotopic (exact) mass is 247 g/mol. The third kappa shape index (κ3) is 2.00. The van der Waals surface area contributed by atoms with E-state index in [2.05, 4.69) is 22.6 Å². The molecule has 1 heterocycles. The molecule has 0 atom stereocenters. The third-order valence-corrected chi connectivity index (χ3v) is 1.79. The van der Waals surface area contributed by atoms with Crippen molar-refractivity contribution in [1.29, 1.82) is 0 Å². The van der Waals surface area contributed by atoms with Gasteiger partial charge < -0.3 is 0 Å². The molecule has 0 bridgehead atoms. The quantitative estimate of drug-likeness (QED) is 0.526. The summed E-state index contributed by atoms with van der Waals surface area (Å²) < 4.78 is 25.1. The summed E-state index contributed by atoms with van der Waals surface area (Å²) in [4.78, 5) is 1.76. The van der Waals surface area contributed by atoms with Crippen LogP contribution in [0.2, 0.25) is 0 Å². The summed E-state index contributed by atoms with van der Waals surface area (Å²) in [6.07, 6.45) is 0. The van der Waals surface area contributed by atoms with Crippen molar-refractivity contribution in [2.24, 2.45) is 0 Å². The molecule has 1 rings (SSSR count). The maximum Gasteiger partial charge on any atom is 0.272 e. The molecule has 0 aromatic heterocycles. The molecule has 0 radical (unpaired) electrons. The van der Waals surface area contributed by atoms with E-state index >= 15 is 0 Å². The molecule has 4 heteroatoms. The minimum absolute atomic E-state index is 0.0317. The van der Waals surface area contributed by atoms with Gasteiger partial charge in [0.1, 0.15) is 0 Å². The number of hydrogen-bond acceptors (Lipinski definition) is 1. The zero-order chi connectivity index (χ0) is 6.91. The summed E-state index contributed by atoms with van der Waals surface area (Å²) in [5.74, 6) is -2.38. The van der Waals surface area contributed by atoms with Gasteiger partial charge in [-0.05, 0) is 0 Å². The van der Waals surface area contributed by atoms with Gasteiger partial charge in [-0.3, -0.25) is 4.90 Å². The van der Waals surface area contributed by atoms with Gasteiger partial charge in [0.15, 0.2) is 0 Å². The molecule has 9 heavy (non-hydrogen) atoms. The average Bonchev–Trinajstić information content (AvgIpc) is 1.62. The fraction of sp³-hybridized carbons (Fsp3) is 1.00. The van der Waals surface area contributed by atoms with Crippen LogP contribution in [0.15, 0.2) is 0 Å². The number of alkyl halides is 3. The summed E-state index contributed by atoms with van der Waals surface area (Å²) >= 11 is 2.19. The molecule has 0 aromatic rings. The first-order valence-electron chi connectivity index (χ1n) is 2.80. The van der Waals surface area contributed by atoms with Crippen molar-refractivity contribution in [2.75, 3.05) is 24.1 Å². The maximum absolute atomic E-state index is 12.1. The van der Waals surface area contributed by atoms with Gasteiger partial charge >= 0.3 is 0 Å². The normalized spacial score (nSPS) is 25.7. The van der Waals surface area contributed by atoms with Crippen molar-refractivity contribution in [3.8, 4) is 0 Å². The summed E-state index contributed by atoms with van der Waals surface area (Å²) in [5, 5.41) is 0. The second-order valence-corrected chi connectivity index (χ2v) is 3.33. The number of nitrogens with zero attached hydrogens (tertiary/aromatic N) is 1.